The summed E-state index contributed by atoms with van der Waals surface area (Å²) < 4.78 is 6.06. The fourth-order valence-electron chi connectivity index (χ4n) is 2.41. The third-order valence-electron chi connectivity index (χ3n) is 3.46. The SMILES string of the molecule is CNCc1cccc(COc2ccccc2C(C)(C)C)c1. The highest BCUT2D eigenvalue weighted by Crippen LogP contribution is 2.31. The number of ether oxygens (including phenoxy) is 1. The van der Waals surface area contributed by atoms with Gasteiger partial charge in [0.2, 0.25) is 0 Å². The third-order valence-corrected chi connectivity index (χ3v) is 3.46. The molecule has 2 rings (SSSR count). The van der Waals surface area contributed by atoms with Crippen molar-refractivity contribution in [3.8, 4) is 5.75 Å². The number of hydrogen-bond donors (Lipinski definition) is 1. The molecule has 0 atom stereocenters. The zero-order valence-corrected chi connectivity index (χ0v) is 13.4. The zero-order chi connectivity index (χ0) is 15.3. The van der Waals surface area contributed by atoms with Gasteiger partial charge in [0.05, 0.1) is 0 Å². The van der Waals surface area contributed by atoms with Crippen LogP contribution in [0.3, 0.4) is 0 Å². The smallest absolute Gasteiger partial charge is 0.123 e. The number of hydrogen-bond acceptors (Lipinski definition) is 2. The Labute approximate surface area is 128 Å². The molecule has 0 aliphatic heterocycles. The monoisotopic (exact) mass is 283 g/mol. The van der Waals surface area contributed by atoms with E-state index in [9.17, 15) is 0 Å². The zero-order valence-electron chi connectivity index (χ0n) is 13.4. The summed E-state index contributed by atoms with van der Waals surface area (Å²) >= 11 is 0. The molecule has 0 heterocycles. The molecular formula is C19H25NO. The van der Waals surface area contributed by atoms with E-state index in [0.717, 1.165) is 12.3 Å². The van der Waals surface area contributed by atoms with Crippen LogP contribution < -0.4 is 10.1 Å². The number of benzene rings is 2. The van der Waals surface area contributed by atoms with Gasteiger partial charge in [-0.25, -0.2) is 0 Å². The maximum atomic E-state index is 6.06. The molecular weight excluding hydrogens is 258 g/mol. The standard InChI is InChI=1S/C19H25NO/c1-19(2,3)17-10-5-6-11-18(17)21-14-16-9-7-8-15(12-16)13-20-4/h5-12,20H,13-14H2,1-4H3. The van der Waals surface area contributed by atoms with Crippen molar-refractivity contribution >= 4 is 0 Å². The van der Waals surface area contributed by atoms with E-state index in [1.54, 1.807) is 0 Å². The summed E-state index contributed by atoms with van der Waals surface area (Å²) in [4.78, 5) is 0. The Hall–Kier alpha value is -1.80. The lowest BCUT2D eigenvalue weighted by Crippen LogP contribution is -2.13. The molecule has 0 bridgehead atoms. The minimum atomic E-state index is 0.0879. The number of nitrogens with one attached hydrogen (secondary N) is 1. The van der Waals surface area contributed by atoms with E-state index in [1.165, 1.54) is 16.7 Å². The van der Waals surface area contributed by atoms with Crippen LogP contribution >= 0.6 is 0 Å². The average molecular weight is 283 g/mol. The van der Waals surface area contributed by atoms with Crippen LogP contribution in [0.15, 0.2) is 48.5 Å². The van der Waals surface area contributed by atoms with Gasteiger partial charge < -0.3 is 10.1 Å². The predicted octanol–water partition coefficient (Wildman–Crippen LogP) is 4.28. The summed E-state index contributed by atoms with van der Waals surface area (Å²) in [5.41, 5.74) is 3.82. The largest absolute Gasteiger partial charge is 0.489 e. The number of para-hydroxylation sites is 1. The molecule has 2 nitrogen and oxygen atoms in total. The van der Waals surface area contributed by atoms with Crippen molar-refractivity contribution in [3.63, 3.8) is 0 Å². The van der Waals surface area contributed by atoms with E-state index in [0.29, 0.717) is 6.61 Å². The second-order valence-corrected chi connectivity index (χ2v) is 6.39. The molecule has 0 amide bonds. The molecule has 21 heavy (non-hydrogen) atoms. The van der Waals surface area contributed by atoms with Gasteiger partial charge in [0.25, 0.3) is 0 Å². The lowest BCUT2D eigenvalue weighted by Gasteiger charge is -2.22. The highest BCUT2D eigenvalue weighted by Gasteiger charge is 2.18. The Morgan fingerprint density at radius 3 is 2.38 bits per heavy atom. The average Bonchev–Trinajstić information content (AvgIpc) is 2.45. The van der Waals surface area contributed by atoms with Gasteiger partial charge in [-0.2, -0.15) is 0 Å². The van der Waals surface area contributed by atoms with E-state index in [4.69, 9.17) is 4.74 Å². The second kappa shape index (κ2) is 6.77. The molecule has 2 aromatic rings. The highest BCUT2D eigenvalue weighted by molar-refractivity contribution is 5.38. The van der Waals surface area contributed by atoms with Gasteiger partial charge in [-0.15, -0.1) is 0 Å². The van der Waals surface area contributed by atoms with Crippen LogP contribution in [0.4, 0.5) is 0 Å². The van der Waals surface area contributed by atoms with Crippen molar-refractivity contribution in [2.75, 3.05) is 7.05 Å². The molecule has 2 heteroatoms. The van der Waals surface area contributed by atoms with Crippen molar-refractivity contribution in [1.82, 2.24) is 5.32 Å². The van der Waals surface area contributed by atoms with Gasteiger partial charge in [0, 0.05) is 6.54 Å². The van der Waals surface area contributed by atoms with Crippen LogP contribution in [-0.4, -0.2) is 7.05 Å². The maximum Gasteiger partial charge on any atom is 0.123 e. The van der Waals surface area contributed by atoms with Gasteiger partial charge >= 0.3 is 0 Å². The normalized spacial score (nSPS) is 11.4. The Kier molecular flexibility index (Phi) is 5.03. The Morgan fingerprint density at radius 2 is 1.67 bits per heavy atom. The van der Waals surface area contributed by atoms with Crippen LogP contribution in [0.1, 0.15) is 37.5 Å². The second-order valence-electron chi connectivity index (χ2n) is 6.39. The van der Waals surface area contributed by atoms with Crippen LogP contribution in [-0.2, 0) is 18.6 Å². The van der Waals surface area contributed by atoms with Gasteiger partial charge in [-0.05, 0) is 35.2 Å². The van der Waals surface area contributed by atoms with Crippen molar-refractivity contribution in [2.45, 2.75) is 39.3 Å². The quantitative estimate of drug-likeness (QED) is 0.884. The van der Waals surface area contributed by atoms with E-state index >= 15 is 0 Å². The Morgan fingerprint density at radius 1 is 0.952 bits per heavy atom. The van der Waals surface area contributed by atoms with Crippen LogP contribution in [0, 0.1) is 0 Å². The van der Waals surface area contributed by atoms with E-state index < -0.39 is 0 Å². The van der Waals surface area contributed by atoms with E-state index in [1.807, 2.05) is 13.1 Å². The van der Waals surface area contributed by atoms with Crippen molar-refractivity contribution < 1.29 is 4.74 Å². The first-order valence-corrected chi connectivity index (χ1v) is 7.45. The van der Waals surface area contributed by atoms with E-state index in [-0.39, 0.29) is 5.41 Å². The third kappa shape index (κ3) is 4.33. The highest BCUT2D eigenvalue weighted by atomic mass is 16.5. The summed E-state index contributed by atoms with van der Waals surface area (Å²) in [6, 6.07) is 16.8. The Balaban J connectivity index is 2.12. The molecule has 0 aliphatic carbocycles. The van der Waals surface area contributed by atoms with E-state index in [2.05, 4.69) is 68.6 Å². The molecule has 0 saturated heterocycles. The summed E-state index contributed by atoms with van der Waals surface area (Å²) in [6.07, 6.45) is 0. The summed E-state index contributed by atoms with van der Waals surface area (Å²) in [5.74, 6) is 0.976. The minimum absolute atomic E-state index is 0.0879. The van der Waals surface area contributed by atoms with Crippen molar-refractivity contribution in [2.24, 2.45) is 0 Å². The molecule has 0 radical (unpaired) electrons. The molecule has 1 N–H and O–H groups in total. The fourth-order valence-corrected chi connectivity index (χ4v) is 2.41. The summed E-state index contributed by atoms with van der Waals surface area (Å²) in [5, 5.41) is 3.17. The summed E-state index contributed by atoms with van der Waals surface area (Å²) in [7, 11) is 1.96. The van der Waals surface area contributed by atoms with Crippen LogP contribution in [0.25, 0.3) is 0 Å². The molecule has 0 aliphatic rings. The molecule has 112 valence electrons. The first kappa shape index (κ1) is 15.6. The summed E-state index contributed by atoms with van der Waals surface area (Å²) in [6.45, 7) is 8.12. The molecule has 0 unspecified atom stereocenters. The topological polar surface area (TPSA) is 21.3 Å². The van der Waals surface area contributed by atoms with Gasteiger partial charge in [0.15, 0.2) is 0 Å². The lowest BCUT2D eigenvalue weighted by molar-refractivity contribution is 0.297. The first-order valence-electron chi connectivity index (χ1n) is 7.45. The molecule has 0 spiro atoms. The van der Waals surface area contributed by atoms with Crippen molar-refractivity contribution in [1.29, 1.82) is 0 Å². The van der Waals surface area contributed by atoms with Gasteiger partial charge in [-0.1, -0.05) is 63.2 Å². The minimum Gasteiger partial charge on any atom is -0.489 e. The molecule has 0 saturated carbocycles. The maximum absolute atomic E-state index is 6.06. The number of rotatable bonds is 5. The van der Waals surface area contributed by atoms with Crippen molar-refractivity contribution in [3.05, 3.63) is 65.2 Å². The van der Waals surface area contributed by atoms with Crippen LogP contribution in [0.2, 0.25) is 0 Å². The Bertz CT molecular complexity index is 584. The first-order chi connectivity index (χ1) is 10.0. The molecule has 0 aromatic heterocycles. The molecule has 2 aromatic carbocycles. The van der Waals surface area contributed by atoms with Crippen LogP contribution in [0.5, 0.6) is 5.75 Å². The predicted molar refractivity (Wildman–Crippen MR) is 88.7 cm³/mol. The lowest BCUT2D eigenvalue weighted by atomic mass is 9.86. The van der Waals surface area contributed by atoms with Gasteiger partial charge in [0.1, 0.15) is 12.4 Å². The molecule has 0 fully saturated rings. The fraction of sp³-hybridized carbons (Fsp3) is 0.368. The van der Waals surface area contributed by atoms with Gasteiger partial charge in [-0.3, -0.25) is 0 Å².